The van der Waals surface area contributed by atoms with E-state index in [9.17, 15) is 5.11 Å². The lowest BCUT2D eigenvalue weighted by Gasteiger charge is -2.29. The first-order valence-electron chi connectivity index (χ1n) is 8.48. The zero-order valence-corrected chi connectivity index (χ0v) is 14.7. The Morgan fingerprint density at radius 2 is 1.96 bits per heavy atom. The second-order valence-corrected chi connectivity index (χ2v) is 6.89. The third-order valence-electron chi connectivity index (χ3n) is 4.23. The van der Waals surface area contributed by atoms with Gasteiger partial charge < -0.3 is 9.84 Å². The molecule has 1 aromatic heterocycles. The quantitative estimate of drug-likeness (QED) is 0.791. The summed E-state index contributed by atoms with van der Waals surface area (Å²) in [4.78, 5) is 9.46. The van der Waals surface area contributed by atoms with Gasteiger partial charge in [0.15, 0.2) is 0 Å². The number of ether oxygens (including phenoxy) is 1. The number of hydrogen-bond acceptors (Lipinski definition) is 6. The monoisotopic (exact) mass is 347 g/mol. The first-order valence-corrected chi connectivity index (χ1v) is 9.36. The molecule has 1 saturated heterocycles. The van der Waals surface area contributed by atoms with Gasteiger partial charge in [-0.05, 0) is 0 Å². The van der Waals surface area contributed by atoms with Crippen molar-refractivity contribution in [3.05, 3.63) is 40.7 Å². The summed E-state index contributed by atoms with van der Waals surface area (Å²) in [7, 11) is 0. The third-order valence-corrected chi connectivity index (χ3v) is 5.07. The van der Waals surface area contributed by atoms with E-state index in [4.69, 9.17) is 9.72 Å². The molecular formula is C18H25N3O2S. The van der Waals surface area contributed by atoms with E-state index in [1.165, 1.54) is 0 Å². The summed E-state index contributed by atoms with van der Waals surface area (Å²) in [6.45, 7) is 7.28. The molecule has 2 heterocycles. The minimum atomic E-state index is 0.181. The number of thiazole rings is 1. The zero-order chi connectivity index (χ0) is 16.6. The van der Waals surface area contributed by atoms with Gasteiger partial charge in [-0.1, -0.05) is 30.3 Å². The van der Waals surface area contributed by atoms with E-state index >= 15 is 0 Å². The molecule has 5 nitrogen and oxygen atoms in total. The molecule has 1 aliphatic heterocycles. The van der Waals surface area contributed by atoms with E-state index in [1.807, 2.05) is 18.2 Å². The molecule has 0 saturated carbocycles. The first-order chi connectivity index (χ1) is 11.8. The fraction of sp³-hybridized carbons (Fsp3) is 0.500. The molecule has 0 radical (unpaired) electrons. The Morgan fingerprint density at radius 3 is 2.71 bits per heavy atom. The summed E-state index contributed by atoms with van der Waals surface area (Å²) in [5.74, 6) is 0. The molecule has 1 aliphatic rings. The lowest BCUT2D eigenvalue weighted by Crippen LogP contribution is -2.41. The molecule has 0 amide bonds. The van der Waals surface area contributed by atoms with Crippen molar-refractivity contribution in [2.45, 2.75) is 6.54 Å². The van der Waals surface area contributed by atoms with Gasteiger partial charge in [0.1, 0.15) is 5.01 Å². The third kappa shape index (κ3) is 5.09. The highest BCUT2D eigenvalue weighted by atomic mass is 32.1. The fourth-order valence-electron chi connectivity index (χ4n) is 2.84. The Kier molecular flexibility index (Phi) is 6.75. The van der Waals surface area contributed by atoms with Gasteiger partial charge in [-0.3, -0.25) is 9.80 Å². The molecule has 1 N–H and O–H groups in total. The van der Waals surface area contributed by atoms with Crippen LogP contribution in [0, 0.1) is 0 Å². The lowest BCUT2D eigenvalue weighted by molar-refractivity contribution is 0.0320. The van der Waals surface area contributed by atoms with Crippen LogP contribution in [0.1, 0.15) is 5.01 Å². The number of morpholine rings is 1. The van der Waals surface area contributed by atoms with Crippen LogP contribution in [-0.2, 0) is 11.3 Å². The molecule has 0 bridgehead atoms. The molecule has 3 rings (SSSR count). The number of nitrogens with zero attached hydrogens (tertiary/aromatic N) is 3. The van der Waals surface area contributed by atoms with Gasteiger partial charge in [0, 0.05) is 43.7 Å². The van der Waals surface area contributed by atoms with E-state index < -0.39 is 0 Å². The fourth-order valence-corrected chi connectivity index (χ4v) is 3.68. The highest BCUT2D eigenvalue weighted by Crippen LogP contribution is 2.22. The SMILES string of the molecule is OCCN(CCN1CCOCC1)Cc1nc(-c2ccccc2)cs1. The minimum Gasteiger partial charge on any atom is -0.395 e. The number of aliphatic hydroxyl groups is 1. The van der Waals surface area contributed by atoms with Crippen LogP contribution in [0.15, 0.2) is 35.7 Å². The molecule has 1 aromatic carbocycles. The summed E-state index contributed by atoms with van der Waals surface area (Å²) in [5, 5.41) is 12.6. The van der Waals surface area contributed by atoms with E-state index in [0.29, 0.717) is 6.54 Å². The van der Waals surface area contributed by atoms with Gasteiger partial charge in [-0.25, -0.2) is 4.98 Å². The summed E-state index contributed by atoms with van der Waals surface area (Å²) < 4.78 is 5.39. The van der Waals surface area contributed by atoms with Crippen LogP contribution < -0.4 is 0 Å². The van der Waals surface area contributed by atoms with Crippen molar-refractivity contribution in [3.8, 4) is 11.3 Å². The van der Waals surface area contributed by atoms with Gasteiger partial charge in [-0.2, -0.15) is 0 Å². The van der Waals surface area contributed by atoms with Gasteiger partial charge >= 0.3 is 0 Å². The highest BCUT2D eigenvalue weighted by molar-refractivity contribution is 7.09. The number of benzene rings is 1. The van der Waals surface area contributed by atoms with Crippen molar-refractivity contribution in [3.63, 3.8) is 0 Å². The second kappa shape index (κ2) is 9.25. The predicted octanol–water partition coefficient (Wildman–Crippen LogP) is 1.94. The topological polar surface area (TPSA) is 48.8 Å². The van der Waals surface area contributed by atoms with E-state index in [2.05, 4.69) is 27.3 Å². The standard InChI is InChI=1S/C18H25N3O2S/c22-11-8-21(7-6-20-9-12-23-13-10-20)14-18-19-17(15-24-18)16-4-2-1-3-5-16/h1-5,15,22H,6-14H2. The Balaban J connectivity index is 1.55. The van der Waals surface area contributed by atoms with Crippen LogP contribution >= 0.6 is 11.3 Å². The van der Waals surface area contributed by atoms with E-state index in [-0.39, 0.29) is 6.61 Å². The molecule has 0 unspecified atom stereocenters. The smallest absolute Gasteiger partial charge is 0.107 e. The number of aliphatic hydroxyl groups excluding tert-OH is 1. The van der Waals surface area contributed by atoms with Crippen LogP contribution in [0.5, 0.6) is 0 Å². The average Bonchev–Trinajstić information content (AvgIpc) is 3.10. The molecule has 1 fully saturated rings. The van der Waals surface area contributed by atoms with Gasteiger partial charge in [0.2, 0.25) is 0 Å². The van der Waals surface area contributed by atoms with Gasteiger partial charge in [-0.15, -0.1) is 11.3 Å². The Morgan fingerprint density at radius 1 is 1.17 bits per heavy atom. The molecule has 0 aliphatic carbocycles. The number of aromatic nitrogens is 1. The Hall–Kier alpha value is -1.31. The average molecular weight is 347 g/mol. The predicted molar refractivity (Wildman–Crippen MR) is 97.2 cm³/mol. The van der Waals surface area contributed by atoms with Gasteiger partial charge in [0.05, 0.1) is 32.1 Å². The van der Waals surface area contributed by atoms with E-state index in [0.717, 1.165) is 62.2 Å². The molecule has 24 heavy (non-hydrogen) atoms. The Labute approximate surface area is 147 Å². The molecule has 0 atom stereocenters. The van der Waals surface area contributed by atoms with Crippen LogP contribution in [0.4, 0.5) is 0 Å². The normalized spacial score (nSPS) is 15.9. The zero-order valence-electron chi connectivity index (χ0n) is 13.9. The van der Waals surface area contributed by atoms with Crippen LogP contribution in [0.2, 0.25) is 0 Å². The van der Waals surface area contributed by atoms with Crippen molar-refractivity contribution in [2.75, 3.05) is 52.5 Å². The minimum absolute atomic E-state index is 0.181. The summed E-state index contributed by atoms with van der Waals surface area (Å²) in [6, 6.07) is 10.3. The van der Waals surface area contributed by atoms with E-state index in [1.54, 1.807) is 11.3 Å². The second-order valence-electron chi connectivity index (χ2n) is 5.95. The molecule has 6 heteroatoms. The van der Waals surface area contributed by atoms with Gasteiger partial charge in [0.25, 0.3) is 0 Å². The molecule has 130 valence electrons. The van der Waals surface area contributed by atoms with Crippen molar-refractivity contribution >= 4 is 11.3 Å². The highest BCUT2D eigenvalue weighted by Gasteiger charge is 2.14. The summed E-state index contributed by atoms with van der Waals surface area (Å²) in [5.41, 5.74) is 2.19. The Bertz CT molecular complexity index is 599. The summed E-state index contributed by atoms with van der Waals surface area (Å²) >= 11 is 1.69. The van der Waals surface area contributed by atoms with Crippen molar-refractivity contribution in [2.24, 2.45) is 0 Å². The maximum atomic E-state index is 9.34. The maximum absolute atomic E-state index is 9.34. The first kappa shape index (κ1) is 17.5. The van der Waals surface area contributed by atoms with Crippen LogP contribution in [0.3, 0.4) is 0 Å². The largest absolute Gasteiger partial charge is 0.395 e. The number of rotatable bonds is 8. The van der Waals surface area contributed by atoms with Crippen LogP contribution in [-0.4, -0.2) is 72.4 Å². The molecule has 0 spiro atoms. The van der Waals surface area contributed by atoms with Crippen molar-refractivity contribution in [1.29, 1.82) is 0 Å². The summed E-state index contributed by atoms with van der Waals surface area (Å²) in [6.07, 6.45) is 0. The maximum Gasteiger partial charge on any atom is 0.107 e. The lowest BCUT2D eigenvalue weighted by atomic mass is 10.2. The van der Waals surface area contributed by atoms with Crippen molar-refractivity contribution < 1.29 is 9.84 Å². The molecule has 2 aromatic rings. The number of hydrogen-bond donors (Lipinski definition) is 1. The van der Waals surface area contributed by atoms with Crippen LogP contribution in [0.25, 0.3) is 11.3 Å². The molecular weight excluding hydrogens is 322 g/mol. The van der Waals surface area contributed by atoms with Crippen molar-refractivity contribution in [1.82, 2.24) is 14.8 Å².